The van der Waals surface area contributed by atoms with Crippen LogP contribution < -0.4 is 0 Å². The molecule has 24 heavy (non-hydrogen) atoms. The molecule has 2 unspecified atom stereocenters. The summed E-state index contributed by atoms with van der Waals surface area (Å²) in [5, 5.41) is 8.90. The number of hydrogen-bond acceptors (Lipinski definition) is 3. The molecule has 0 heterocycles. The molecule has 0 aromatic heterocycles. The van der Waals surface area contributed by atoms with Crippen molar-refractivity contribution in [3.63, 3.8) is 0 Å². The molecule has 0 fully saturated rings. The van der Waals surface area contributed by atoms with Crippen molar-refractivity contribution in [2.24, 2.45) is 5.92 Å². The van der Waals surface area contributed by atoms with Gasteiger partial charge >= 0.3 is 11.9 Å². The van der Waals surface area contributed by atoms with Crippen molar-refractivity contribution in [2.45, 2.75) is 71.8 Å². The van der Waals surface area contributed by atoms with Gasteiger partial charge in [0.2, 0.25) is 0 Å². The highest BCUT2D eigenvalue weighted by Gasteiger charge is 2.19. The first-order valence-corrected chi connectivity index (χ1v) is 9.06. The highest BCUT2D eigenvalue weighted by molar-refractivity contribution is 5.92. The van der Waals surface area contributed by atoms with Crippen molar-refractivity contribution in [1.29, 1.82) is 0 Å². The zero-order chi connectivity index (χ0) is 17.9. The Balaban J connectivity index is 2.59. The Morgan fingerprint density at radius 2 is 1.62 bits per heavy atom. The number of aromatic carboxylic acids is 1. The van der Waals surface area contributed by atoms with Gasteiger partial charge in [0.15, 0.2) is 0 Å². The molecule has 134 valence electrons. The predicted octanol–water partition coefficient (Wildman–Crippen LogP) is 5.32. The molecule has 4 heteroatoms. The molecule has 0 amide bonds. The van der Waals surface area contributed by atoms with E-state index in [0.717, 1.165) is 19.3 Å². The van der Waals surface area contributed by atoms with E-state index in [4.69, 9.17) is 9.84 Å². The standard InChI is InChI=1S/C20H30O4/c1-4-7-8-9-15(5-2)14-18(6-3)24-20(23)17-12-10-16(11-13-17)19(21)22/h10-13,15,18H,4-9,14H2,1-3H3,(H,21,22). The van der Waals surface area contributed by atoms with Crippen LogP contribution in [-0.2, 0) is 4.74 Å². The van der Waals surface area contributed by atoms with Gasteiger partial charge in [0.25, 0.3) is 0 Å². The van der Waals surface area contributed by atoms with Crippen molar-refractivity contribution < 1.29 is 19.4 Å². The number of carboxylic acid groups (broad SMARTS) is 1. The highest BCUT2D eigenvalue weighted by atomic mass is 16.5. The van der Waals surface area contributed by atoms with Crippen molar-refractivity contribution >= 4 is 11.9 Å². The summed E-state index contributed by atoms with van der Waals surface area (Å²) in [6.45, 7) is 6.42. The van der Waals surface area contributed by atoms with E-state index in [0.29, 0.717) is 11.5 Å². The third-order valence-electron chi connectivity index (χ3n) is 4.49. The molecule has 2 atom stereocenters. The highest BCUT2D eigenvalue weighted by Crippen LogP contribution is 2.22. The summed E-state index contributed by atoms with van der Waals surface area (Å²) in [4.78, 5) is 23.1. The summed E-state index contributed by atoms with van der Waals surface area (Å²) in [5.74, 6) is -0.787. The van der Waals surface area contributed by atoms with Crippen LogP contribution in [0.3, 0.4) is 0 Å². The largest absolute Gasteiger partial charge is 0.478 e. The van der Waals surface area contributed by atoms with E-state index < -0.39 is 5.97 Å². The number of hydrogen-bond donors (Lipinski definition) is 1. The summed E-state index contributed by atoms with van der Waals surface area (Å²) in [5.41, 5.74) is 0.568. The van der Waals surface area contributed by atoms with Gasteiger partial charge in [0, 0.05) is 0 Å². The third kappa shape index (κ3) is 6.73. The van der Waals surface area contributed by atoms with Crippen molar-refractivity contribution in [3.05, 3.63) is 35.4 Å². The number of esters is 1. The van der Waals surface area contributed by atoms with Crippen molar-refractivity contribution in [2.75, 3.05) is 0 Å². The maximum atomic E-state index is 12.3. The van der Waals surface area contributed by atoms with E-state index in [9.17, 15) is 9.59 Å². The lowest BCUT2D eigenvalue weighted by atomic mass is 9.92. The number of unbranched alkanes of at least 4 members (excludes halogenated alkanes) is 2. The van der Waals surface area contributed by atoms with Gasteiger partial charge in [0.05, 0.1) is 11.1 Å². The first-order chi connectivity index (χ1) is 11.5. The number of ether oxygens (including phenoxy) is 1. The molecule has 0 aliphatic heterocycles. The molecule has 0 aliphatic rings. The van der Waals surface area contributed by atoms with Gasteiger partial charge in [-0.2, -0.15) is 0 Å². The summed E-state index contributed by atoms with van der Waals surface area (Å²) in [6, 6.07) is 5.88. The van der Waals surface area contributed by atoms with Crippen LogP contribution >= 0.6 is 0 Å². The third-order valence-corrected chi connectivity index (χ3v) is 4.49. The average molecular weight is 334 g/mol. The summed E-state index contributed by atoms with van der Waals surface area (Å²) in [6.07, 6.45) is 7.60. The molecule has 4 nitrogen and oxygen atoms in total. The first-order valence-electron chi connectivity index (χ1n) is 9.06. The van der Waals surface area contributed by atoms with E-state index in [1.54, 1.807) is 0 Å². The van der Waals surface area contributed by atoms with E-state index in [1.807, 2.05) is 6.92 Å². The Bertz CT molecular complexity index is 507. The molecule has 1 aromatic rings. The SMILES string of the molecule is CCCCCC(CC)CC(CC)OC(=O)c1ccc(C(=O)O)cc1. The molecule has 0 radical (unpaired) electrons. The zero-order valence-corrected chi connectivity index (χ0v) is 15.1. The van der Waals surface area contributed by atoms with Crippen LogP contribution in [0.4, 0.5) is 0 Å². The lowest BCUT2D eigenvalue weighted by Gasteiger charge is -2.22. The van der Waals surface area contributed by atoms with Crippen LogP contribution in [-0.4, -0.2) is 23.1 Å². The molecule has 0 bridgehead atoms. The average Bonchev–Trinajstić information content (AvgIpc) is 2.60. The van der Waals surface area contributed by atoms with E-state index in [2.05, 4.69) is 13.8 Å². The molecule has 1 aromatic carbocycles. The first kappa shape index (κ1) is 20.2. The second-order valence-corrected chi connectivity index (χ2v) is 6.32. The Morgan fingerprint density at radius 3 is 2.12 bits per heavy atom. The van der Waals surface area contributed by atoms with Crippen LogP contribution in [0.1, 0.15) is 86.4 Å². The Hall–Kier alpha value is -1.84. The van der Waals surface area contributed by atoms with E-state index in [-0.39, 0.29) is 17.6 Å². The minimum absolute atomic E-state index is 0.0803. The molecule has 0 aliphatic carbocycles. The van der Waals surface area contributed by atoms with Crippen molar-refractivity contribution in [3.8, 4) is 0 Å². The molecule has 0 spiro atoms. The molecular formula is C20H30O4. The zero-order valence-electron chi connectivity index (χ0n) is 15.1. The maximum Gasteiger partial charge on any atom is 0.338 e. The van der Waals surface area contributed by atoms with Crippen LogP contribution in [0.5, 0.6) is 0 Å². The lowest BCUT2D eigenvalue weighted by molar-refractivity contribution is 0.0225. The number of carbonyl (C=O) groups excluding carboxylic acids is 1. The molecule has 0 saturated carbocycles. The van der Waals surface area contributed by atoms with Gasteiger partial charge in [-0.1, -0.05) is 52.9 Å². The smallest absolute Gasteiger partial charge is 0.338 e. The van der Waals surface area contributed by atoms with Crippen molar-refractivity contribution in [1.82, 2.24) is 0 Å². The van der Waals surface area contributed by atoms with E-state index >= 15 is 0 Å². The number of rotatable bonds is 11. The number of benzene rings is 1. The monoisotopic (exact) mass is 334 g/mol. The number of carboxylic acids is 1. The molecular weight excluding hydrogens is 304 g/mol. The fourth-order valence-electron chi connectivity index (χ4n) is 2.81. The normalized spacial score (nSPS) is 13.3. The second kappa shape index (κ2) is 10.8. The van der Waals surface area contributed by atoms with Crippen LogP contribution in [0.2, 0.25) is 0 Å². The summed E-state index contributed by atoms with van der Waals surface area (Å²) >= 11 is 0. The van der Waals surface area contributed by atoms with Crippen LogP contribution in [0, 0.1) is 5.92 Å². The lowest BCUT2D eigenvalue weighted by Crippen LogP contribution is -2.21. The van der Waals surface area contributed by atoms with Crippen LogP contribution in [0.25, 0.3) is 0 Å². The van der Waals surface area contributed by atoms with Gasteiger partial charge in [-0.15, -0.1) is 0 Å². The van der Waals surface area contributed by atoms with Gasteiger partial charge in [-0.05, 0) is 43.0 Å². The molecule has 1 rings (SSSR count). The molecule has 0 saturated heterocycles. The summed E-state index contributed by atoms with van der Waals surface area (Å²) < 4.78 is 5.64. The minimum atomic E-state index is -1.00. The topological polar surface area (TPSA) is 63.6 Å². The second-order valence-electron chi connectivity index (χ2n) is 6.32. The maximum absolute atomic E-state index is 12.3. The minimum Gasteiger partial charge on any atom is -0.478 e. The summed E-state index contributed by atoms with van der Waals surface area (Å²) in [7, 11) is 0. The fraction of sp³-hybridized carbons (Fsp3) is 0.600. The fourth-order valence-corrected chi connectivity index (χ4v) is 2.81. The van der Waals surface area contributed by atoms with Crippen LogP contribution in [0.15, 0.2) is 24.3 Å². The Labute approximate surface area is 145 Å². The van der Waals surface area contributed by atoms with E-state index in [1.165, 1.54) is 49.9 Å². The Kier molecular flexibility index (Phi) is 9.13. The quantitative estimate of drug-likeness (QED) is 0.439. The predicted molar refractivity (Wildman–Crippen MR) is 95.4 cm³/mol. The van der Waals surface area contributed by atoms with Gasteiger partial charge in [0.1, 0.15) is 6.10 Å². The number of carbonyl (C=O) groups is 2. The molecule has 1 N–H and O–H groups in total. The van der Waals surface area contributed by atoms with Gasteiger partial charge in [-0.3, -0.25) is 0 Å². The Morgan fingerprint density at radius 1 is 1.00 bits per heavy atom. The van der Waals surface area contributed by atoms with Gasteiger partial charge in [-0.25, -0.2) is 9.59 Å². The van der Waals surface area contributed by atoms with Gasteiger partial charge < -0.3 is 9.84 Å².